The number of ether oxygens (including phenoxy) is 2. The van der Waals surface area contributed by atoms with E-state index in [0.717, 1.165) is 10.9 Å². The van der Waals surface area contributed by atoms with Crippen molar-refractivity contribution >= 4 is 34.1 Å². The Balaban J connectivity index is 1.17. The Kier molecular flexibility index (Phi) is 6.35. The molecule has 2 amide bonds. The summed E-state index contributed by atoms with van der Waals surface area (Å²) in [4.78, 5) is 37.7. The molecule has 3 aromatic carbocycles. The van der Waals surface area contributed by atoms with E-state index in [-0.39, 0.29) is 5.91 Å². The van der Waals surface area contributed by atoms with Crippen molar-refractivity contribution in [3.05, 3.63) is 91.1 Å². The second-order valence-corrected chi connectivity index (χ2v) is 9.44. The number of fused-ring (bicyclic) bond motifs is 1. The summed E-state index contributed by atoms with van der Waals surface area (Å²) in [6.07, 6.45) is 5.94. The first kappa shape index (κ1) is 25.1. The van der Waals surface area contributed by atoms with Gasteiger partial charge in [0.1, 0.15) is 34.3 Å². The molecule has 2 heterocycles. The van der Waals surface area contributed by atoms with Gasteiger partial charge < -0.3 is 25.1 Å². The number of pyridine rings is 1. The Morgan fingerprint density at radius 2 is 1.55 bits per heavy atom. The van der Waals surface area contributed by atoms with Gasteiger partial charge in [0.05, 0.1) is 18.2 Å². The van der Waals surface area contributed by atoms with Crippen molar-refractivity contribution in [1.82, 2.24) is 15.0 Å². The minimum Gasteiger partial charge on any atom is -0.496 e. The lowest BCUT2D eigenvalue weighted by atomic mass is 10.0. The van der Waals surface area contributed by atoms with Crippen LogP contribution in [0.5, 0.6) is 17.2 Å². The fraction of sp³-hybridized carbons (Fsp3) is 0.133. The van der Waals surface area contributed by atoms with Crippen molar-refractivity contribution in [3.8, 4) is 28.6 Å². The summed E-state index contributed by atoms with van der Waals surface area (Å²) in [6, 6.07) is 17.8. The molecule has 40 heavy (non-hydrogen) atoms. The Morgan fingerprint density at radius 3 is 2.15 bits per heavy atom. The summed E-state index contributed by atoms with van der Waals surface area (Å²) >= 11 is 0. The third kappa shape index (κ3) is 4.82. The van der Waals surface area contributed by atoms with Crippen LogP contribution in [0.15, 0.2) is 85.3 Å². The Bertz CT molecular complexity index is 1700. The van der Waals surface area contributed by atoms with Crippen molar-refractivity contribution in [1.29, 1.82) is 0 Å². The van der Waals surface area contributed by atoms with Gasteiger partial charge in [-0.1, -0.05) is 0 Å². The SMILES string of the molecule is COc1cc2nccc(Oc3ccc(NC(=O)C4(C(=O)Nc5ccc(F)cc5)CC4)cc3)c2cc1-c1ncc[nH]1. The number of halogens is 1. The maximum Gasteiger partial charge on any atom is 0.240 e. The smallest absolute Gasteiger partial charge is 0.240 e. The second-order valence-electron chi connectivity index (χ2n) is 9.44. The molecule has 0 radical (unpaired) electrons. The van der Waals surface area contributed by atoms with E-state index in [9.17, 15) is 14.0 Å². The third-order valence-corrected chi connectivity index (χ3v) is 6.84. The van der Waals surface area contributed by atoms with Crippen LogP contribution in [0, 0.1) is 11.2 Å². The molecular formula is C30H24FN5O4. The first-order chi connectivity index (χ1) is 19.4. The Labute approximate surface area is 228 Å². The molecule has 10 heteroatoms. The van der Waals surface area contributed by atoms with Gasteiger partial charge in [0.2, 0.25) is 11.8 Å². The number of carbonyl (C=O) groups excluding carboxylic acids is 2. The van der Waals surface area contributed by atoms with Crippen molar-refractivity contribution in [2.45, 2.75) is 12.8 Å². The monoisotopic (exact) mass is 537 g/mol. The van der Waals surface area contributed by atoms with Gasteiger partial charge in [-0.3, -0.25) is 14.6 Å². The highest BCUT2D eigenvalue weighted by molar-refractivity contribution is 6.16. The van der Waals surface area contributed by atoms with E-state index in [2.05, 4.69) is 25.6 Å². The molecule has 6 rings (SSSR count). The molecule has 2 aromatic heterocycles. The van der Waals surface area contributed by atoms with Crippen LogP contribution in [0.3, 0.4) is 0 Å². The molecular weight excluding hydrogens is 513 g/mol. The zero-order chi connectivity index (χ0) is 27.7. The van der Waals surface area contributed by atoms with Gasteiger partial charge in [-0.2, -0.15) is 0 Å². The minimum absolute atomic E-state index is 0.389. The maximum atomic E-state index is 13.2. The number of methoxy groups -OCH3 is 1. The normalized spacial score (nSPS) is 13.4. The number of anilines is 2. The van der Waals surface area contributed by atoms with Gasteiger partial charge in [-0.15, -0.1) is 0 Å². The molecule has 1 aliphatic carbocycles. The molecule has 200 valence electrons. The number of hydrogen-bond donors (Lipinski definition) is 3. The number of amides is 2. The minimum atomic E-state index is -1.15. The third-order valence-electron chi connectivity index (χ3n) is 6.84. The van der Waals surface area contributed by atoms with Crippen LogP contribution in [0.4, 0.5) is 15.8 Å². The van der Waals surface area contributed by atoms with Gasteiger partial charge >= 0.3 is 0 Å². The van der Waals surface area contributed by atoms with Crippen LogP contribution in [-0.4, -0.2) is 33.9 Å². The van der Waals surface area contributed by atoms with Crippen molar-refractivity contribution < 1.29 is 23.5 Å². The molecule has 0 atom stereocenters. The van der Waals surface area contributed by atoms with Gasteiger partial charge in [-0.25, -0.2) is 9.37 Å². The van der Waals surface area contributed by atoms with Crippen molar-refractivity contribution in [2.24, 2.45) is 5.41 Å². The van der Waals surface area contributed by atoms with E-state index in [0.29, 0.717) is 52.8 Å². The van der Waals surface area contributed by atoms with Crippen molar-refractivity contribution in [3.63, 3.8) is 0 Å². The van der Waals surface area contributed by atoms with Crippen LogP contribution < -0.4 is 20.1 Å². The van der Waals surface area contributed by atoms with E-state index in [1.54, 1.807) is 56.0 Å². The topological polar surface area (TPSA) is 118 Å². The van der Waals surface area contributed by atoms with Gasteiger partial charge in [0, 0.05) is 41.4 Å². The summed E-state index contributed by atoms with van der Waals surface area (Å²) < 4.78 is 24.9. The first-order valence-electron chi connectivity index (χ1n) is 12.6. The molecule has 3 N–H and O–H groups in total. The van der Waals surface area contributed by atoms with Gasteiger partial charge in [0.15, 0.2) is 0 Å². The van der Waals surface area contributed by atoms with Crippen LogP contribution in [0.2, 0.25) is 0 Å². The Morgan fingerprint density at radius 1 is 0.875 bits per heavy atom. The molecule has 9 nitrogen and oxygen atoms in total. The maximum absolute atomic E-state index is 13.2. The summed E-state index contributed by atoms with van der Waals surface area (Å²) in [5.41, 5.74) is 1.29. The quantitative estimate of drug-likeness (QED) is 0.211. The number of aromatic amines is 1. The zero-order valence-electron chi connectivity index (χ0n) is 21.4. The largest absolute Gasteiger partial charge is 0.496 e. The molecule has 1 fully saturated rings. The van der Waals surface area contributed by atoms with Crippen LogP contribution in [0.25, 0.3) is 22.3 Å². The molecule has 0 aliphatic heterocycles. The summed E-state index contributed by atoms with van der Waals surface area (Å²) in [5, 5.41) is 6.30. The molecule has 0 saturated heterocycles. The predicted octanol–water partition coefficient (Wildman–Crippen LogP) is 5.92. The number of aromatic nitrogens is 3. The average molecular weight is 538 g/mol. The summed E-state index contributed by atoms with van der Waals surface area (Å²) in [6.45, 7) is 0. The number of carbonyl (C=O) groups is 2. The molecule has 1 saturated carbocycles. The van der Waals surface area contributed by atoms with Gasteiger partial charge in [-0.05, 0) is 73.5 Å². The fourth-order valence-corrected chi connectivity index (χ4v) is 4.45. The number of imidazole rings is 1. The fourth-order valence-electron chi connectivity index (χ4n) is 4.45. The molecule has 0 unspecified atom stereocenters. The molecule has 0 spiro atoms. The van der Waals surface area contributed by atoms with E-state index in [4.69, 9.17) is 9.47 Å². The summed E-state index contributed by atoms with van der Waals surface area (Å²) in [7, 11) is 1.59. The lowest BCUT2D eigenvalue weighted by molar-refractivity contribution is -0.131. The highest BCUT2D eigenvalue weighted by Gasteiger charge is 2.56. The summed E-state index contributed by atoms with van der Waals surface area (Å²) in [5.74, 6) is 1.23. The Hall–Kier alpha value is -5.25. The number of nitrogens with zero attached hydrogens (tertiary/aromatic N) is 2. The molecule has 0 bridgehead atoms. The number of nitrogens with one attached hydrogen (secondary N) is 3. The van der Waals surface area contributed by atoms with E-state index < -0.39 is 17.1 Å². The van der Waals surface area contributed by atoms with Gasteiger partial charge in [0.25, 0.3) is 0 Å². The standard InChI is InChI=1S/C30H24FN5O4/c1-39-26-17-24-22(16-23(26)27-33-14-15-34-27)25(10-13-32-24)40-21-8-6-20(7-9-21)36-29(38)30(11-12-30)28(37)35-19-4-2-18(31)3-5-19/h2-10,13-17H,11-12H2,1H3,(H,33,34)(H,35,37)(H,36,38). The van der Waals surface area contributed by atoms with Crippen LogP contribution in [0.1, 0.15) is 12.8 Å². The number of hydrogen-bond acceptors (Lipinski definition) is 6. The number of rotatable bonds is 8. The van der Waals surface area contributed by atoms with Crippen LogP contribution in [-0.2, 0) is 9.59 Å². The zero-order valence-corrected chi connectivity index (χ0v) is 21.4. The van der Waals surface area contributed by atoms with E-state index in [1.165, 1.54) is 24.3 Å². The predicted molar refractivity (Wildman–Crippen MR) is 148 cm³/mol. The van der Waals surface area contributed by atoms with E-state index >= 15 is 0 Å². The lowest BCUT2D eigenvalue weighted by Crippen LogP contribution is -2.35. The lowest BCUT2D eigenvalue weighted by Gasteiger charge is -2.16. The average Bonchev–Trinajstić information content (AvgIpc) is 3.62. The van der Waals surface area contributed by atoms with Crippen LogP contribution >= 0.6 is 0 Å². The number of H-pyrrole nitrogens is 1. The first-order valence-corrected chi connectivity index (χ1v) is 12.6. The van der Waals surface area contributed by atoms with E-state index in [1.807, 2.05) is 12.1 Å². The highest BCUT2D eigenvalue weighted by Crippen LogP contribution is 2.47. The second kappa shape index (κ2) is 10.1. The molecule has 1 aliphatic rings. The highest BCUT2D eigenvalue weighted by atomic mass is 19.1. The molecule has 5 aromatic rings. The number of benzene rings is 3. The van der Waals surface area contributed by atoms with Crippen molar-refractivity contribution in [2.75, 3.05) is 17.7 Å².